The van der Waals surface area contributed by atoms with Crippen LogP contribution in [0.4, 0.5) is 4.39 Å². The molecule has 0 bridgehead atoms. The summed E-state index contributed by atoms with van der Waals surface area (Å²) in [5.41, 5.74) is 2.71. The first-order chi connectivity index (χ1) is 9.97. The lowest BCUT2D eigenvalue weighted by atomic mass is 10.2. The average Bonchev–Trinajstić information content (AvgIpc) is 2.43. The number of rotatable bonds is 3. The van der Waals surface area contributed by atoms with Crippen LogP contribution in [0.25, 0.3) is 0 Å². The van der Waals surface area contributed by atoms with Crippen LogP contribution in [0.2, 0.25) is 5.02 Å². The number of phenols is 1. The van der Waals surface area contributed by atoms with E-state index in [1.165, 1.54) is 30.5 Å². The van der Waals surface area contributed by atoms with E-state index in [9.17, 15) is 14.3 Å². The third-order valence-electron chi connectivity index (χ3n) is 2.51. The molecule has 2 N–H and O–H groups in total. The highest BCUT2D eigenvalue weighted by molar-refractivity contribution is 9.10. The lowest BCUT2D eigenvalue weighted by molar-refractivity contribution is 0.0954. The molecule has 0 aromatic heterocycles. The van der Waals surface area contributed by atoms with Crippen molar-refractivity contribution in [3.63, 3.8) is 0 Å². The number of aromatic hydroxyl groups is 1. The first-order valence-corrected chi connectivity index (χ1v) is 6.91. The van der Waals surface area contributed by atoms with E-state index in [4.69, 9.17) is 11.6 Å². The number of halogens is 3. The van der Waals surface area contributed by atoms with Gasteiger partial charge in [0.05, 0.1) is 11.2 Å². The Hall–Kier alpha value is -1.92. The molecule has 0 spiro atoms. The largest absolute Gasteiger partial charge is 0.506 e. The molecule has 2 aromatic carbocycles. The molecule has 0 unspecified atom stereocenters. The lowest BCUT2D eigenvalue weighted by Gasteiger charge is -2.03. The zero-order chi connectivity index (χ0) is 15.4. The second-order valence-corrected chi connectivity index (χ2v) is 5.36. The molecule has 0 radical (unpaired) electrons. The summed E-state index contributed by atoms with van der Waals surface area (Å²) < 4.78 is 13.6. The average molecular weight is 372 g/mol. The van der Waals surface area contributed by atoms with E-state index in [2.05, 4.69) is 26.5 Å². The predicted octanol–water partition coefficient (Wildman–Crippen LogP) is 3.71. The molecule has 7 heteroatoms. The minimum Gasteiger partial charge on any atom is -0.506 e. The van der Waals surface area contributed by atoms with Crippen molar-refractivity contribution in [2.24, 2.45) is 5.10 Å². The quantitative estimate of drug-likeness (QED) is 0.638. The van der Waals surface area contributed by atoms with Crippen molar-refractivity contribution in [3.05, 3.63) is 62.8 Å². The normalized spacial score (nSPS) is 10.8. The highest BCUT2D eigenvalue weighted by Crippen LogP contribution is 2.30. The minimum atomic E-state index is -0.564. The van der Waals surface area contributed by atoms with Crippen LogP contribution in [0.1, 0.15) is 15.9 Å². The van der Waals surface area contributed by atoms with Crippen LogP contribution < -0.4 is 5.43 Å². The van der Waals surface area contributed by atoms with E-state index in [0.717, 1.165) is 6.07 Å². The van der Waals surface area contributed by atoms with E-state index in [1.54, 1.807) is 6.07 Å². The van der Waals surface area contributed by atoms with E-state index in [0.29, 0.717) is 10.0 Å². The van der Waals surface area contributed by atoms with Crippen molar-refractivity contribution >= 4 is 39.7 Å². The third-order valence-corrected chi connectivity index (χ3v) is 3.26. The summed E-state index contributed by atoms with van der Waals surface area (Å²) in [4.78, 5) is 11.7. The molecule has 0 atom stereocenters. The van der Waals surface area contributed by atoms with Gasteiger partial charge in [-0.05, 0) is 30.3 Å². The molecule has 0 saturated heterocycles. The highest BCUT2D eigenvalue weighted by atomic mass is 79.9. The van der Waals surface area contributed by atoms with Crippen LogP contribution >= 0.6 is 27.5 Å². The van der Waals surface area contributed by atoms with Crippen LogP contribution in [0, 0.1) is 5.82 Å². The van der Waals surface area contributed by atoms with Crippen molar-refractivity contribution in [2.75, 3.05) is 0 Å². The molecule has 0 heterocycles. The predicted molar refractivity (Wildman–Crippen MR) is 82.3 cm³/mol. The number of hydrogen-bond acceptors (Lipinski definition) is 3. The van der Waals surface area contributed by atoms with Gasteiger partial charge in [-0.3, -0.25) is 4.79 Å². The summed E-state index contributed by atoms with van der Waals surface area (Å²) >= 11 is 9.03. The van der Waals surface area contributed by atoms with Gasteiger partial charge in [-0.1, -0.05) is 33.6 Å². The maximum absolute atomic E-state index is 13.0. The summed E-state index contributed by atoms with van der Waals surface area (Å²) in [5, 5.41) is 13.6. The first kappa shape index (κ1) is 15.5. The maximum Gasteiger partial charge on any atom is 0.271 e. The third kappa shape index (κ3) is 4.03. The lowest BCUT2D eigenvalue weighted by Crippen LogP contribution is -2.17. The van der Waals surface area contributed by atoms with Crippen LogP contribution in [0.5, 0.6) is 5.75 Å². The van der Waals surface area contributed by atoms with Gasteiger partial charge in [-0.25, -0.2) is 9.82 Å². The molecule has 0 aliphatic rings. The van der Waals surface area contributed by atoms with Crippen LogP contribution in [0.15, 0.2) is 46.0 Å². The van der Waals surface area contributed by atoms with Gasteiger partial charge in [-0.15, -0.1) is 0 Å². The number of benzene rings is 2. The molecular formula is C14H9BrClFN2O2. The van der Waals surface area contributed by atoms with Crippen molar-refractivity contribution < 1.29 is 14.3 Å². The number of nitrogens with one attached hydrogen (secondary N) is 1. The number of carbonyl (C=O) groups is 1. The Labute approximate surface area is 133 Å². The smallest absolute Gasteiger partial charge is 0.271 e. The van der Waals surface area contributed by atoms with Gasteiger partial charge in [0.1, 0.15) is 11.6 Å². The Kier molecular flexibility index (Phi) is 4.93. The zero-order valence-electron chi connectivity index (χ0n) is 10.5. The second-order valence-electron chi connectivity index (χ2n) is 4.03. The van der Waals surface area contributed by atoms with Gasteiger partial charge in [-0.2, -0.15) is 5.10 Å². The second kappa shape index (κ2) is 6.69. The Morgan fingerprint density at radius 2 is 2.14 bits per heavy atom. The molecule has 108 valence electrons. The highest BCUT2D eigenvalue weighted by Gasteiger charge is 2.07. The molecule has 1 amide bonds. The monoisotopic (exact) mass is 370 g/mol. The molecular weight excluding hydrogens is 363 g/mol. The van der Waals surface area contributed by atoms with Crippen LogP contribution in [-0.4, -0.2) is 17.2 Å². The van der Waals surface area contributed by atoms with E-state index >= 15 is 0 Å². The number of nitrogens with zero attached hydrogens (tertiary/aromatic N) is 1. The molecule has 2 aromatic rings. The fourth-order valence-corrected chi connectivity index (χ4v) is 2.37. The van der Waals surface area contributed by atoms with Gasteiger partial charge in [0, 0.05) is 15.6 Å². The van der Waals surface area contributed by atoms with Crippen LogP contribution in [-0.2, 0) is 0 Å². The fraction of sp³-hybridized carbons (Fsp3) is 0. The molecule has 21 heavy (non-hydrogen) atoms. The van der Waals surface area contributed by atoms with Crippen molar-refractivity contribution in [1.29, 1.82) is 0 Å². The van der Waals surface area contributed by atoms with E-state index < -0.39 is 11.7 Å². The van der Waals surface area contributed by atoms with Gasteiger partial charge in [0.25, 0.3) is 5.91 Å². The summed E-state index contributed by atoms with van der Waals surface area (Å²) in [6.07, 6.45) is 1.24. The zero-order valence-corrected chi connectivity index (χ0v) is 12.8. The van der Waals surface area contributed by atoms with Crippen molar-refractivity contribution in [3.8, 4) is 5.75 Å². The number of hydrogen-bond donors (Lipinski definition) is 2. The molecule has 0 saturated carbocycles. The summed E-state index contributed by atoms with van der Waals surface area (Å²) in [5.74, 6) is -1.22. The Bertz CT molecular complexity index is 722. The summed E-state index contributed by atoms with van der Waals surface area (Å²) in [6, 6.07) is 8.33. The van der Waals surface area contributed by atoms with Gasteiger partial charge in [0.2, 0.25) is 0 Å². The van der Waals surface area contributed by atoms with E-state index in [-0.39, 0.29) is 16.3 Å². The summed E-state index contributed by atoms with van der Waals surface area (Å²) in [6.45, 7) is 0. The Morgan fingerprint density at radius 3 is 2.86 bits per heavy atom. The Morgan fingerprint density at radius 1 is 1.38 bits per heavy atom. The molecule has 4 nitrogen and oxygen atoms in total. The van der Waals surface area contributed by atoms with Gasteiger partial charge < -0.3 is 5.11 Å². The fourth-order valence-electron chi connectivity index (χ4n) is 1.54. The number of hydrazone groups is 1. The molecule has 0 aliphatic carbocycles. The minimum absolute atomic E-state index is 0.142. The topological polar surface area (TPSA) is 61.7 Å². The molecule has 0 aliphatic heterocycles. The summed E-state index contributed by atoms with van der Waals surface area (Å²) in [7, 11) is 0. The molecule has 0 fully saturated rings. The standard InChI is InChI=1S/C14H9BrClFN2O2/c15-10-4-9(13(20)12(16)6-10)7-18-19-14(21)8-2-1-3-11(17)5-8/h1-7,20H,(H,19,21)/b18-7+. The van der Waals surface area contributed by atoms with Crippen LogP contribution in [0.3, 0.4) is 0 Å². The number of carbonyl (C=O) groups excluding carboxylic acids is 1. The SMILES string of the molecule is O=C(N/N=C/c1cc(Br)cc(Cl)c1O)c1cccc(F)c1. The number of amides is 1. The molecule has 2 rings (SSSR count). The first-order valence-electron chi connectivity index (χ1n) is 5.74. The number of phenolic OH excluding ortho intramolecular Hbond substituents is 1. The van der Waals surface area contributed by atoms with E-state index in [1.807, 2.05) is 0 Å². The van der Waals surface area contributed by atoms with Gasteiger partial charge in [0.15, 0.2) is 0 Å². The van der Waals surface area contributed by atoms with Crippen molar-refractivity contribution in [1.82, 2.24) is 5.43 Å². The van der Waals surface area contributed by atoms with Gasteiger partial charge >= 0.3 is 0 Å². The maximum atomic E-state index is 13.0. The van der Waals surface area contributed by atoms with Crippen molar-refractivity contribution in [2.45, 2.75) is 0 Å². The Balaban J connectivity index is 2.11.